The number of amides is 1. The van der Waals surface area contributed by atoms with Crippen molar-refractivity contribution in [2.75, 3.05) is 18.4 Å². The van der Waals surface area contributed by atoms with Crippen molar-refractivity contribution in [3.8, 4) is 0 Å². The third kappa shape index (κ3) is 3.44. The average molecular weight is 265 g/mol. The van der Waals surface area contributed by atoms with E-state index >= 15 is 0 Å². The first-order chi connectivity index (χ1) is 9.08. The van der Waals surface area contributed by atoms with Crippen molar-refractivity contribution in [1.82, 2.24) is 5.32 Å². The zero-order chi connectivity index (χ0) is 13.8. The Morgan fingerprint density at radius 1 is 1.58 bits per heavy atom. The monoisotopic (exact) mass is 265 g/mol. The summed E-state index contributed by atoms with van der Waals surface area (Å²) in [7, 11) is 0. The zero-order valence-electron chi connectivity index (χ0n) is 11.1. The van der Waals surface area contributed by atoms with Crippen LogP contribution in [0.2, 0.25) is 0 Å². The van der Waals surface area contributed by atoms with E-state index in [0.29, 0.717) is 11.6 Å². The van der Waals surface area contributed by atoms with E-state index in [1.807, 2.05) is 0 Å². The molecular formula is C14H20FN3O. The van der Waals surface area contributed by atoms with E-state index in [4.69, 9.17) is 5.73 Å². The molecule has 5 heteroatoms. The van der Waals surface area contributed by atoms with Crippen LogP contribution in [0.1, 0.15) is 30.1 Å². The van der Waals surface area contributed by atoms with Gasteiger partial charge in [-0.15, -0.1) is 0 Å². The van der Waals surface area contributed by atoms with Gasteiger partial charge < -0.3 is 16.4 Å². The third-order valence-corrected chi connectivity index (χ3v) is 3.68. The fourth-order valence-corrected chi connectivity index (χ4v) is 2.45. The lowest BCUT2D eigenvalue weighted by atomic mass is 9.92. The van der Waals surface area contributed by atoms with E-state index in [1.54, 1.807) is 12.1 Å². The Balaban J connectivity index is 2.03. The van der Waals surface area contributed by atoms with E-state index in [-0.39, 0.29) is 11.6 Å². The van der Waals surface area contributed by atoms with Crippen molar-refractivity contribution in [3.63, 3.8) is 0 Å². The van der Waals surface area contributed by atoms with Crippen LogP contribution >= 0.6 is 0 Å². The number of primary amides is 1. The van der Waals surface area contributed by atoms with E-state index in [1.165, 1.54) is 6.07 Å². The van der Waals surface area contributed by atoms with Crippen LogP contribution in [0.4, 0.5) is 10.1 Å². The van der Waals surface area contributed by atoms with E-state index in [9.17, 15) is 9.18 Å². The maximum Gasteiger partial charge on any atom is 0.248 e. The Hall–Kier alpha value is -1.62. The van der Waals surface area contributed by atoms with Crippen LogP contribution in [-0.2, 0) is 0 Å². The molecule has 1 aliphatic heterocycles. The first kappa shape index (κ1) is 13.8. The summed E-state index contributed by atoms with van der Waals surface area (Å²) >= 11 is 0. The minimum Gasteiger partial charge on any atom is -0.380 e. The highest BCUT2D eigenvalue weighted by atomic mass is 19.1. The number of carbonyl (C=O) groups is 1. The lowest BCUT2D eigenvalue weighted by Gasteiger charge is -2.29. The Labute approximate surface area is 112 Å². The first-order valence-corrected chi connectivity index (χ1v) is 6.64. The summed E-state index contributed by atoms with van der Waals surface area (Å²) in [5.41, 5.74) is 5.73. The van der Waals surface area contributed by atoms with Crippen molar-refractivity contribution >= 4 is 11.6 Å². The summed E-state index contributed by atoms with van der Waals surface area (Å²) < 4.78 is 13.9. The van der Waals surface area contributed by atoms with Gasteiger partial charge in [0.1, 0.15) is 5.82 Å². The quantitative estimate of drug-likeness (QED) is 0.776. The SMILES string of the molecule is CC(Nc1ccc(C(N)=O)cc1F)C1CCCNC1. The number of nitrogens with one attached hydrogen (secondary N) is 2. The standard InChI is InChI=1S/C14H20FN3O/c1-9(11-3-2-6-17-8-11)18-13-5-4-10(14(16)19)7-12(13)15/h4-5,7,9,11,17-18H,2-3,6,8H2,1H3,(H2,16,19). The van der Waals surface area contributed by atoms with Gasteiger partial charge in [0.05, 0.1) is 5.69 Å². The molecule has 0 bridgehead atoms. The Kier molecular flexibility index (Phi) is 4.37. The Morgan fingerprint density at radius 3 is 2.95 bits per heavy atom. The maximum absolute atomic E-state index is 13.9. The van der Waals surface area contributed by atoms with Gasteiger partial charge in [-0.05, 0) is 57.0 Å². The molecule has 1 aromatic carbocycles. The number of carbonyl (C=O) groups excluding carboxylic acids is 1. The molecule has 1 aromatic rings. The topological polar surface area (TPSA) is 67.1 Å². The molecule has 4 N–H and O–H groups in total. The molecule has 0 spiro atoms. The van der Waals surface area contributed by atoms with Gasteiger partial charge in [0.2, 0.25) is 5.91 Å². The molecular weight excluding hydrogens is 245 g/mol. The van der Waals surface area contributed by atoms with Crippen molar-refractivity contribution in [2.45, 2.75) is 25.8 Å². The van der Waals surface area contributed by atoms with Crippen LogP contribution in [0.15, 0.2) is 18.2 Å². The normalized spacial score (nSPS) is 20.8. The number of piperidine rings is 1. The number of benzene rings is 1. The molecule has 1 fully saturated rings. The molecule has 2 atom stereocenters. The molecule has 1 aliphatic rings. The van der Waals surface area contributed by atoms with Gasteiger partial charge in [0, 0.05) is 11.6 Å². The zero-order valence-corrected chi connectivity index (χ0v) is 11.1. The van der Waals surface area contributed by atoms with Gasteiger partial charge in [-0.1, -0.05) is 0 Å². The molecule has 0 radical (unpaired) electrons. The summed E-state index contributed by atoms with van der Waals surface area (Å²) in [4.78, 5) is 11.0. The van der Waals surface area contributed by atoms with Gasteiger partial charge in [-0.2, -0.15) is 0 Å². The lowest BCUT2D eigenvalue weighted by Crippen LogP contribution is -2.38. The summed E-state index contributed by atoms with van der Waals surface area (Å²) in [6.45, 7) is 4.07. The second-order valence-electron chi connectivity index (χ2n) is 5.10. The molecule has 0 aliphatic carbocycles. The second-order valence-corrected chi connectivity index (χ2v) is 5.10. The number of rotatable bonds is 4. The Bertz CT molecular complexity index is 458. The van der Waals surface area contributed by atoms with Crippen molar-refractivity contribution in [2.24, 2.45) is 11.7 Å². The Morgan fingerprint density at radius 2 is 2.37 bits per heavy atom. The fraction of sp³-hybridized carbons (Fsp3) is 0.500. The molecule has 1 heterocycles. The molecule has 0 aromatic heterocycles. The molecule has 19 heavy (non-hydrogen) atoms. The number of anilines is 1. The number of hydrogen-bond donors (Lipinski definition) is 3. The second kappa shape index (κ2) is 6.02. The van der Waals surface area contributed by atoms with Crippen molar-refractivity contribution < 1.29 is 9.18 Å². The number of nitrogens with two attached hydrogens (primary N) is 1. The highest BCUT2D eigenvalue weighted by Crippen LogP contribution is 2.21. The van der Waals surface area contributed by atoms with Crippen LogP contribution in [-0.4, -0.2) is 25.0 Å². The largest absolute Gasteiger partial charge is 0.380 e. The van der Waals surface area contributed by atoms with Crippen LogP contribution in [0.25, 0.3) is 0 Å². The van der Waals surface area contributed by atoms with Crippen molar-refractivity contribution in [3.05, 3.63) is 29.6 Å². The van der Waals surface area contributed by atoms with Crippen LogP contribution in [0.3, 0.4) is 0 Å². The number of hydrogen-bond acceptors (Lipinski definition) is 3. The number of halogens is 1. The summed E-state index contributed by atoms with van der Waals surface area (Å²) in [5.74, 6) is -0.564. The van der Waals surface area contributed by atoms with Gasteiger partial charge in [-0.25, -0.2) is 4.39 Å². The minimum atomic E-state index is -0.616. The average Bonchev–Trinajstić information content (AvgIpc) is 2.41. The van der Waals surface area contributed by atoms with E-state index < -0.39 is 11.7 Å². The predicted molar refractivity (Wildman–Crippen MR) is 73.6 cm³/mol. The molecule has 104 valence electrons. The predicted octanol–water partition coefficient (Wildman–Crippen LogP) is 1.72. The van der Waals surface area contributed by atoms with Gasteiger partial charge >= 0.3 is 0 Å². The van der Waals surface area contributed by atoms with Crippen molar-refractivity contribution in [1.29, 1.82) is 0 Å². The van der Waals surface area contributed by atoms with Gasteiger partial charge in [-0.3, -0.25) is 4.79 Å². The third-order valence-electron chi connectivity index (χ3n) is 3.68. The lowest BCUT2D eigenvalue weighted by molar-refractivity contribution is 0.1000. The van der Waals surface area contributed by atoms with E-state index in [0.717, 1.165) is 25.9 Å². The highest BCUT2D eigenvalue weighted by Gasteiger charge is 2.20. The summed E-state index contributed by atoms with van der Waals surface area (Å²) in [6, 6.07) is 4.47. The summed E-state index contributed by atoms with van der Waals surface area (Å²) in [6.07, 6.45) is 2.29. The van der Waals surface area contributed by atoms with Crippen LogP contribution < -0.4 is 16.4 Å². The summed E-state index contributed by atoms with van der Waals surface area (Å²) in [5, 5.41) is 6.52. The molecule has 1 saturated heterocycles. The van der Waals surface area contributed by atoms with E-state index in [2.05, 4.69) is 17.6 Å². The highest BCUT2D eigenvalue weighted by molar-refractivity contribution is 5.93. The van der Waals surface area contributed by atoms with Gasteiger partial charge in [0.25, 0.3) is 0 Å². The molecule has 1 amide bonds. The molecule has 2 rings (SSSR count). The van der Waals surface area contributed by atoms with Gasteiger partial charge in [0.15, 0.2) is 0 Å². The van der Waals surface area contributed by atoms with Crippen LogP contribution in [0.5, 0.6) is 0 Å². The molecule has 2 unspecified atom stereocenters. The first-order valence-electron chi connectivity index (χ1n) is 6.64. The maximum atomic E-state index is 13.9. The minimum absolute atomic E-state index is 0.182. The fourth-order valence-electron chi connectivity index (χ4n) is 2.45. The van der Waals surface area contributed by atoms with Crippen LogP contribution in [0, 0.1) is 11.7 Å². The smallest absolute Gasteiger partial charge is 0.248 e. The molecule has 4 nitrogen and oxygen atoms in total. The molecule has 0 saturated carbocycles.